The van der Waals surface area contributed by atoms with Gasteiger partial charge in [-0.2, -0.15) is 0 Å². The number of rotatable bonds is 19. The van der Waals surface area contributed by atoms with Crippen molar-refractivity contribution in [2.24, 2.45) is 110 Å². The first-order chi connectivity index (χ1) is 34.7. The van der Waals surface area contributed by atoms with Crippen molar-refractivity contribution in [3.63, 3.8) is 0 Å². The van der Waals surface area contributed by atoms with Crippen molar-refractivity contribution in [1.29, 1.82) is 0 Å². The van der Waals surface area contributed by atoms with Gasteiger partial charge in [0.15, 0.2) is 0 Å². The van der Waals surface area contributed by atoms with Crippen LogP contribution in [0.1, 0.15) is 237 Å². The van der Waals surface area contributed by atoms with Gasteiger partial charge in [0.05, 0.1) is 44.7 Å². The number of ether oxygens (including phenoxy) is 3. The molecule has 0 bridgehead atoms. The molecule has 8 fully saturated rings. The van der Waals surface area contributed by atoms with Crippen LogP contribution in [0.5, 0.6) is 0 Å². The van der Waals surface area contributed by atoms with Crippen molar-refractivity contribution < 1.29 is 43.5 Å². The number of esters is 3. The number of methoxy groups -OCH3 is 1. The van der Waals surface area contributed by atoms with Crippen LogP contribution in [0.25, 0.3) is 0 Å². The van der Waals surface area contributed by atoms with Crippen LogP contribution in [0.4, 0.5) is 0 Å². The summed E-state index contributed by atoms with van der Waals surface area (Å²) in [5, 5.41) is 11.8. The molecule has 8 saturated carbocycles. The molecule has 420 valence electrons. The Bertz CT molecular complexity index is 1800. The number of hydrogen-bond acceptors (Lipinski definition) is 9. The Morgan fingerprint density at radius 3 is 1.70 bits per heavy atom. The maximum Gasteiger partial charge on any atom is 0.309 e. The molecule has 8 aliphatic carbocycles. The first kappa shape index (κ1) is 59.0. The molecule has 0 heterocycles. The fourth-order valence-corrected chi connectivity index (χ4v) is 19.7. The number of aliphatic hydroxyl groups excluding tert-OH is 1. The third-order valence-corrected chi connectivity index (χ3v) is 24.7. The lowest BCUT2D eigenvalue weighted by Crippen LogP contribution is -2.59. The Morgan fingerprint density at radius 2 is 1.08 bits per heavy atom. The summed E-state index contributed by atoms with van der Waals surface area (Å²) in [4.78, 5) is 47.1. The summed E-state index contributed by atoms with van der Waals surface area (Å²) in [5.74, 6) is 7.26. The van der Waals surface area contributed by atoms with E-state index in [1.807, 2.05) is 6.92 Å². The lowest BCUT2D eigenvalue weighted by Gasteiger charge is -2.62. The van der Waals surface area contributed by atoms with Gasteiger partial charge in [0, 0.05) is 0 Å². The van der Waals surface area contributed by atoms with Crippen LogP contribution in [0.3, 0.4) is 0 Å². The topological polar surface area (TPSA) is 118 Å². The molecule has 73 heavy (non-hydrogen) atoms. The SMILES string of the molecule is CCCCCCC(C)C1CCC2C3CCC4CC(OC(=O)C(C)CC)CCC4(C)C3CCC12C.COOCCCC(C)C1CCC2C3CCC4CC(OC(=O)C(C)C(C)C(=O)OC)CCC4(C)C3CC(O)C12C. The average Bonchev–Trinajstić information content (AvgIpc) is 3.94. The zero-order chi connectivity index (χ0) is 53.0. The standard InChI is InChI=1S/C32H54O7.C32H56O2/c1-19(9-8-16-38-37-7)25-12-13-26-24-11-10-22-17-23(39-30(35)21(3)20(2)29(34)36-6)14-15-31(22,4)27(24)18-28(33)32(25,26)5;1-7-9-10-11-12-23(4)27-15-16-28-26-14-13-24-21-25(34-30(33)22(3)8-2)17-19-31(24,5)29(26)18-20-32(27,28)6/h19-28,33H,8-18H2,1-7H3;22-29H,7-21H2,1-6H3. The third kappa shape index (κ3) is 11.9. The normalized spacial score (nSPS) is 42.6. The molecule has 22 atom stereocenters. The predicted molar refractivity (Wildman–Crippen MR) is 291 cm³/mol. The second-order valence-electron chi connectivity index (χ2n) is 27.9. The quantitative estimate of drug-likeness (QED) is 0.0444. The molecular formula is C64H110O9. The largest absolute Gasteiger partial charge is 0.469 e. The van der Waals surface area contributed by atoms with E-state index >= 15 is 0 Å². The fourth-order valence-electron chi connectivity index (χ4n) is 19.7. The molecule has 9 heteroatoms. The summed E-state index contributed by atoms with van der Waals surface area (Å²) in [5.41, 5.74) is 1.25. The minimum Gasteiger partial charge on any atom is -0.469 e. The Kier molecular flexibility index (Phi) is 20.2. The molecule has 0 radical (unpaired) electrons. The number of hydrogen-bond donors (Lipinski definition) is 1. The molecular weight excluding hydrogens is 913 g/mol. The van der Waals surface area contributed by atoms with Gasteiger partial charge < -0.3 is 19.3 Å². The highest BCUT2D eigenvalue weighted by atomic mass is 17.2. The van der Waals surface area contributed by atoms with Crippen LogP contribution >= 0.6 is 0 Å². The first-order valence-electron chi connectivity index (χ1n) is 31.1. The highest BCUT2D eigenvalue weighted by Gasteiger charge is 2.65. The maximum atomic E-state index is 12.9. The van der Waals surface area contributed by atoms with Crippen molar-refractivity contribution in [1.82, 2.24) is 0 Å². The molecule has 22 unspecified atom stereocenters. The van der Waals surface area contributed by atoms with E-state index in [4.69, 9.17) is 24.0 Å². The van der Waals surface area contributed by atoms with Gasteiger partial charge in [-0.3, -0.25) is 14.4 Å². The van der Waals surface area contributed by atoms with E-state index in [0.29, 0.717) is 52.9 Å². The van der Waals surface area contributed by atoms with E-state index in [1.54, 1.807) is 21.0 Å². The molecule has 0 aliphatic heterocycles. The highest BCUT2D eigenvalue weighted by molar-refractivity contribution is 5.81. The first-order valence-corrected chi connectivity index (χ1v) is 31.1. The number of carbonyl (C=O) groups excluding carboxylic acids is 3. The van der Waals surface area contributed by atoms with E-state index < -0.39 is 11.8 Å². The monoisotopic (exact) mass is 1020 g/mol. The second kappa shape index (κ2) is 25.0. The van der Waals surface area contributed by atoms with Gasteiger partial charge in [-0.25, -0.2) is 9.78 Å². The van der Waals surface area contributed by atoms with Gasteiger partial charge in [-0.05, 0) is 221 Å². The van der Waals surface area contributed by atoms with Gasteiger partial charge in [0.1, 0.15) is 12.2 Å². The highest BCUT2D eigenvalue weighted by Crippen LogP contribution is 2.70. The van der Waals surface area contributed by atoms with Gasteiger partial charge in [-0.1, -0.05) is 108 Å². The van der Waals surface area contributed by atoms with Crippen LogP contribution in [0.2, 0.25) is 0 Å². The van der Waals surface area contributed by atoms with E-state index in [2.05, 4.69) is 55.4 Å². The summed E-state index contributed by atoms with van der Waals surface area (Å²) in [7, 11) is 2.91. The van der Waals surface area contributed by atoms with Crippen molar-refractivity contribution in [2.75, 3.05) is 20.8 Å². The number of unbranched alkanes of at least 4 members (excludes halogenated alkanes) is 3. The van der Waals surface area contributed by atoms with E-state index in [1.165, 1.54) is 110 Å². The Morgan fingerprint density at radius 1 is 0.548 bits per heavy atom. The molecule has 0 saturated heterocycles. The summed E-state index contributed by atoms with van der Waals surface area (Å²) < 4.78 is 16.8. The van der Waals surface area contributed by atoms with Crippen LogP contribution in [-0.2, 0) is 38.4 Å². The predicted octanol–water partition coefficient (Wildman–Crippen LogP) is 15.2. The van der Waals surface area contributed by atoms with Gasteiger partial charge in [0.2, 0.25) is 0 Å². The third-order valence-electron chi connectivity index (χ3n) is 24.7. The van der Waals surface area contributed by atoms with Crippen LogP contribution < -0.4 is 0 Å². The summed E-state index contributed by atoms with van der Waals surface area (Å²) in [6, 6.07) is 0. The smallest absolute Gasteiger partial charge is 0.309 e. The van der Waals surface area contributed by atoms with E-state index in [-0.39, 0.29) is 53.0 Å². The summed E-state index contributed by atoms with van der Waals surface area (Å²) in [6.07, 6.45) is 30.7. The van der Waals surface area contributed by atoms with Crippen LogP contribution in [0, 0.1) is 110 Å². The van der Waals surface area contributed by atoms with Gasteiger partial charge in [-0.15, -0.1) is 0 Å². The minimum absolute atomic E-state index is 0.00883. The number of fused-ring (bicyclic) bond motifs is 10. The second-order valence-corrected chi connectivity index (χ2v) is 27.9. The number of carbonyl (C=O) groups is 3. The van der Waals surface area contributed by atoms with Gasteiger partial charge in [0.25, 0.3) is 0 Å². The zero-order valence-electron chi connectivity index (χ0n) is 49.0. The molecule has 0 aromatic carbocycles. The van der Waals surface area contributed by atoms with E-state index in [9.17, 15) is 19.5 Å². The Balaban J connectivity index is 0.000000216. The van der Waals surface area contributed by atoms with Crippen LogP contribution in [0.15, 0.2) is 0 Å². The molecule has 0 aromatic rings. The zero-order valence-corrected chi connectivity index (χ0v) is 49.0. The minimum atomic E-state index is -0.516. The molecule has 8 rings (SSSR count). The van der Waals surface area contributed by atoms with Gasteiger partial charge >= 0.3 is 17.9 Å². The van der Waals surface area contributed by atoms with Crippen molar-refractivity contribution in [3.05, 3.63) is 0 Å². The molecule has 0 spiro atoms. The lowest BCUT2D eigenvalue weighted by molar-refractivity contribution is -0.273. The lowest BCUT2D eigenvalue weighted by atomic mass is 9.43. The molecule has 9 nitrogen and oxygen atoms in total. The Hall–Kier alpha value is -1.71. The molecule has 0 aromatic heterocycles. The number of aliphatic hydroxyl groups is 1. The maximum absolute atomic E-state index is 12.9. The van der Waals surface area contributed by atoms with Crippen molar-refractivity contribution in [3.8, 4) is 0 Å². The van der Waals surface area contributed by atoms with Crippen molar-refractivity contribution >= 4 is 17.9 Å². The summed E-state index contributed by atoms with van der Waals surface area (Å²) in [6.45, 7) is 25.7. The van der Waals surface area contributed by atoms with E-state index in [0.717, 1.165) is 93.3 Å². The molecule has 1 N–H and O–H groups in total. The molecule has 8 aliphatic rings. The van der Waals surface area contributed by atoms with Crippen molar-refractivity contribution in [2.45, 2.75) is 255 Å². The molecule has 0 amide bonds. The van der Waals surface area contributed by atoms with Crippen LogP contribution in [-0.4, -0.2) is 62.2 Å². The summed E-state index contributed by atoms with van der Waals surface area (Å²) >= 11 is 0. The Labute approximate surface area is 445 Å². The fraction of sp³-hybridized carbons (Fsp3) is 0.953. The average molecular weight is 1020 g/mol.